The minimum Gasteiger partial charge on any atom is -0.440 e. The fourth-order valence-corrected chi connectivity index (χ4v) is 3.84. The van der Waals surface area contributed by atoms with Gasteiger partial charge >= 0.3 is 11.9 Å². The summed E-state index contributed by atoms with van der Waals surface area (Å²) in [4.78, 5) is 37.4. The molecule has 0 N–H and O–H groups in total. The number of unbranched alkanes of at least 4 members (excludes halogenated alkanes) is 1. The van der Waals surface area contributed by atoms with Gasteiger partial charge in [0.15, 0.2) is 0 Å². The molecule has 0 spiro atoms. The summed E-state index contributed by atoms with van der Waals surface area (Å²) in [5.41, 5.74) is 1.94. The number of benzene rings is 3. The summed E-state index contributed by atoms with van der Waals surface area (Å²) in [6.45, 7) is 3.00. The molecule has 0 fully saturated rings. The molecule has 8 nitrogen and oxygen atoms in total. The zero-order valence-corrected chi connectivity index (χ0v) is 20.8. The monoisotopic (exact) mass is 500 g/mol. The number of hydrogen-bond acceptors (Lipinski definition) is 6. The van der Waals surface area contributed by atoms with Gasteiger partial charge in [0.25, 0.3) is 5.56 Å². The summed E-state index contributed by atoms with van der Waals surface area (Å²) in [7, 11) is 0. The van der Waals surface area contributed by atoms with Gasteiger partial charge in [-0.05, 0) is 61.4 Å². The molecule has 0 unspecified atom stereocenters. The number of rotatable bonds is 10. The predicted molar refractivity (Wildman–Crippen MR) is 139 cm³/mol. The molecule has 0 amide bonds. The van der Waals surface area contributed by atoms with Gasteiger partial charge in [-0.1, -0.05) is 49.7 Å². The van der Waals surface area contributed by atoms with Gasteiger partial charge in [0.1, 0.15) is 5.75 Å². The first kappa shape index (κ1) is 25.5. The van der Waals surface area contributed by atoms with Crippen molar-refractivity contribution in [3.63, 3.8) is 0 Å². The normalized spacial score (nSPS) is 10.6. The zero-order chi connectivity index (χ0) is 26.2. The van der Waals surface area contributed by atoms with E-state index in [1.165, 1.54) is 11.6 Å². The van der Waals surface area contributed by atoms with E-state index in [9.17, 15) is 14.4 Å². The van der Waals surface area contributed by atoms with Crippen molar-refractivity contribution in [3.8, 4) is 23.0 Å². The van der Waals surface area contributed by atoms with Gasteiger partial charge in [0, 0.05) is 6.92 Å². The largest absolute Gasteiger partial charge is 0.440 e. The highest BCUT2D eigenvalue weighted by Gasteiger charge is 2.24. The molecule has 8 heteroatoms. The van der Waals surface area contributed by atoms with Gasteiger partial charge in [-0.2, -0.15) is 0 Å². The van der Waals surface area contributed by atoms with E-state index in [0.29, 0.717) is 34.7 Å². The average Bonchev–Trinajstić information content (AvgIpc) is 3.19. The summed E-state index contributed by atoms with van der Waals surface area (Å²) < 4.78 is 19.6. The van der Waals surface area contributed by atoms with Crippen LogP contribution >= 0.6 is 0 Å². The number of hydrogen-bond donors (Lipinski definition) is 0. The van der Waals surface area contributed by atoms with Crippen molar-refractivity contribution in [1.82, 2.24) is 9.36 Å². The summed E-state index contributed by atoms with van der Waals surface area (Å²) >= 11 is 0. The topological polar surface area (TPSA) is 88.8 Å². The summed E-state index contributed by atoms with van der Waals surface area (Å²) in [5, 5.41) is 0. The molecule has 1 aromatic heterocycles. The molecule has 0 saturated heterocycles. The minimum atomic E-state index is -0.490. The van der Waals surface area contributed by atoms with E-state index >= 15 is 0 Å². The van der Waals surface area contributed by atoms with Crippen LogP contribution in [0.25, 0.3) is 11.4 Å². The van der Waals surface area contributed by atoms with E-state index in [2.05, 4.69) is 0 Å². The number of nitrogens with zero attached hydrogens (tertiary/aromatic N) is 2. The molecule has 1 heterocycles. The molecule has 0 atom stereocenters. The Bertz CT molecular complexity index is 1410. The fraction of sp³-hybridized carbons (Fsp3) is 0.207. The van der Waals surface area contributed by atoms with Crippen molar-refractivity contribution in [1.29, 1.82) is 0 Å². The van der Waals surface area contributed by atoms with E-state index in [0.717, 1.165) is 12.8 Å². The molecule has 37 heavy (non-hydrogen) atoms. The van der Waals surface area contributed by atoms with Gasteiger partial charge in [0.05, 0.1) is 22.5 Å². The van der Waals surface area contributed by atoms with Gasteiger partial charge in [-0.15, -0.1) is 0 Å². The second-order valence-corrected chi connectivity index (χ2v) is 8.30. The molecular formula is C29H28N2O6. The lowest BCUT2D eigenvalue weighted by Crippen LogP contribution is -2.21. The molecule has 0 saturated carbocycles. The molecular weight excluding hydrogens is 472 g/mol. The minimum absolute atomic E-state index is 0.225. The number of aromatic nitrogens is 2. The molecule has 0 aliphatic rings. The lowest BCUT2D eigenvalue weighted by Gasteiger charge is -2.16. The maximum atomic E-state index is 13.6. The van der Waals surface area contributed by atoms with Crippen LogP contribution in [0.2, 0.25) is 0 Å². The highest BCUT2D eigenvalue weighted by molar-refractivity contribution is 5.90. The lowest BCUT2D eigenvalue weighted by molar-refractivity contribution is -0.147. The van der Waals surface area contributed by atoms with Gasteiger partial charge in [-0.3, -0.25) is 9.59 Å². The van der Waals surface area contributed by atoms with Crippen LogP contribution in [0.3, 0.4) is 0 Å². The smallest absolute Gasteiger partial charge is 0.343 e. The van der Waals surface area contributed by atoms with Crippen molar-refractivity contribution < 1.29 is 23.8 Å². The van der Waals surface area contributed by atoms with Crippen LogP contribution in [0.5, 0.6) is 11.6 Å². The van der Waals surface area contributed by atoms with E-state index in [1.54, 1.807) is 53.2 Å². The maximum Gasteiger partial charge on any atom is 0.343 e. The number of ether oxygens (including phenoxy) is 3. The molecule has 190 valence electrons. The SMILES string of the molecule is CCCCc1c(OCOC(C)=O)n(-c2ccc(OC(=O)c3ccccc3)cc2)n(-c2ccccc2)c1=O. The second-order valence-electron chi connectivity index (χ2n) is 8.30. The molecule has 0 radical (unpaired) electrons. The van der Waals surface area contributed by atoms with Crippen LogP contribution in [0, 0.1) is 0 Å². The molecule has 0 aliphatic heterocycles. The number of carbonyl (C=O) groups is 2. The van der Waals surface area contributed by atoms with Gasteiger partial charge in [-0.25, -0.2) is 14.2 Å². The van der Waals surface area contributed by atoms with Crippen LogP contribution in [0.15, 0.2) is 89.7 Å². The van der Waals surface area contributed by atoms with Crippen molar-refractivity contribution in [2.75, 3.05) is 6.79 Å². The summed E-state index contributed by atoms with van der Waals surface area (Å²) in [6, 6.07) is 24.7. The van der Waals surface area contributed by atoms with E-state index in [4.69, 9.17) is 14.2 Å². The Labute approximate surface area is 214 Å². The van der Waals surface area contributed by atoms with Crippen LogP contribution in [0.1, 0.15) is 42.6 Å². The Morgan fingerprint density at radius 3 is 2.05 bits per heavy atom. The third-order valence-corrected chi connectivity index (χ3v) is 5.64. The highest BCUT2D eigenvalue weighted by atomic mass is 16.7. The standard InChI is InChI=1S/C29H28N2O6/c1-3-4-15-26-27(33)30(23-13-9-6-10-14-23)31(28(26)36-20-35-21(2)32)24-16-18-25(19-17-24)37-29(34)22-11-7-5-8-12-22/h5-14,16-19H,3-4,15,20H2,1-2H3. The Balaban J connectivity index is 1.77. The van der Waals surface area contributed by atoms with E-state index < -0.39 is 11.9 Å². The molecule has 4 aromatic rings. The Morgan fingerprint density at radius 2 is 1.43 bits per heavy atom. The second kappa shape index (κ2) is 11.9. The highest BCUT2D eigenvalue weighted by Crippen LogP contribution is 2.27. The zero-order valence-electron chi connectivity index (χ0n) is 20.8. The number of para-hydroxylation sites is 1. The number of carbonyl (C=O) groups excluding carboxylic acids is 2. The van der Waals surface area contributed by atoms with Crippen LogP contribution < -0.4 is 15.0 Å². The number of esters is 2. The quantitative estimate of drug-likeness (QED) is 0.171. The van der Waals surface area contributed by atoms with Crippen LogP contribution in [0.4, 0.5) is 0 Å². The van der Waals surface area contributed by atoms with Crippen molar-refractivity contribution in [2.24, 2.45) is 0 Å². The molecule has 3 aromatic carbocycles. The maximum absolute atomic E-state index is 13.6. The first-order valence-electron chi connectivity index (χ1n) is 12.1. The predicted octanol–water partition coefficient (Wildman–Crippen LogP) is 5.09. The first-order chi connectivity index (χ1) is 18.0. The van der Waals surface area contributed by atoms with Gasteiger partial charge in [0.2, 0.25) is 12.7 Å². The van der Waals surface area contributed by atoms with E-state index in [-0.39, 0.29) is 18.2 Å². The fourth-order valence-electron chi connectivity index (χ4n) is 3.84. The molecule has 0 bridgehead atoms. The first-order valence-corrected chi connectivity index (χ1v) is 12.1. The molecule has 0 aliphatic carbocycles. The third-order valence-electron chi connectivity index (χ3n) is 5.64. The van der Waals surface area contributed by atoms with Crippen LogP contribution in [-0.4, -0.2) is 28.1 Å². The summed E-state index contributed by atoms with van der Waals surface area (Å²) in [6.07, 6.45) is 2.17. The Hall–Kier alpha value is -4.59. The Morgan fingerprint density at radius 1 is 0.811 bits per heavy atom. The van der Waals surface area contributed by atoms with Crippen molar-refractivity contribution in [3.05, 3.63) is 106 Å². The molecule has 4 rings (SSSR count). The van der Waals surface area contributed by atoms with Crippen LogP contribution in [-0.2, 0) is 16.0 Å². The van der Waals surface area contributed by atoms with E-state index in [1.807, 2.05) is 43.3 Å². The van der Waals surface area contributed by atoms with Crippen molar-refractivity contribution in [2.45, 2.75) is 33.1 Å². The van der Waals surface area contributed by atoms with Gasteiger partial charge < -0.3 is 14.2 Å². The summed E-state index contributed by atoms with van der Waals surface area (Å²) in [5.74, 6) is -0.316. The lowest BCUT2D eigenvalue weighted by atomic mass is 10.1. The Kier molecular flexibility index (Phi) is 8.20. The average molecular weight is 501 g/mol. The third kappa shape index (κ3) is 5.98. The van der Waals surface area contributed by atoms with Crippen molar-refractivity contribution >= 4 is 11.9 Å².